The lowest BCUT2D eigenvalue weighted by molar-refractivity contribution is -0.119. The Labute approximate surface area is 289 Å². The van der Waals surface area contributed by atoms with Crippen LogP contribution in [0.15, 0.2) is 66.9 Å². The van der Waals surface area contributed by atoms with Gasteiger partial charge >= 0.3 is 0 Å². The van der Waals surface area contributed by atoms with Crippen LogP contribution in [0.1, 0.15) is 29.5 Å². The van der Waals surface area contributed by atoms with E-state index >= 15 is 4.39 Å². The van der Waals surface area contributed by atoms with Crippen molar-refractivity contribution in [3.8, 4) is 33.8 Å². The summed E-state index contributed by atoms with van der Waals surface area (Å²) in [4.78, 5) is 13.6. The Morgan fingerprint density at radius 1 is 1.00 bits per heavy atom. The number of ether oxygens (including phenoxy) is 2. The zero-order chi connectivity index (χ0) is 33.9. The fraction of sp³-hybridized carbons (Fsp3) is 0.297. The molecule has 4 aromatic carbocycles. The van der Waals surface area contributed by atoms with Crippen LogP contribution in [0, 0.1) is 5.82 Å². The predicted octanol–water partition coefficient (Wildman–Crippen LogP) is 7.31. The molecule has 6 rings (SSSR count). The van der Waals surface area contributed by atoms with Crippen molar-refractivity contribution in [1.82, 2.24) is 25.3 Å². The number of aromatic nitrogens is 2. The molecule has 1 atom stereocenters. The summed E-state index contributed by atoms with van der Waals surface area (Å²) in [6.07, 6.45) is 3.12. The zero-order valence-corrected chi connectivity index (χ0v) is 28.9. The van der Waals surface area contributed by atoms with Gasteiger partial charge in [0.1, 0.15) is 17.3 Å². The highest BCUT2D eigenvalue weighted by Gasteiger charge is 2.22. The third-order valence-corrected chi connectivity index (χ3v) is 9.45. The predicted molar refractivity (Wildman–Crippen MR) is 189 cm³/mol. The standard InChI is InChI=1S/C37H38Cl2FN5O3/c1-44(2)20-24-13-31(38)23(16-34(24)47-3)21-45-33-10-6-8-27(29(33)19-42-45)28-9-5-7-26(37(28)39)22-14-32(40)30(35(15-22)48-4)18-41-17-25-11-12-36(46)43-25/h5-10,13-16,19,25,41H,11-12,17-18,20-21H2,1-4H3,(H,43,46). The molecule has 8 nitrogen and oxygen atoms in total. The van der Waals surface area contributed by atoms with Crippen LogP contribution in [0.5, 0.6) is 11.5 Å². The number of amides is 1. The van der Waals surface area contributed by atoms with Gasteiger partial charge in [-0.2, -0.15) is 5.10 Å². The molecule has 0 spiro atoms. The van der Waals surface area contributed by atoms with Gasteiger partial charge < -0.3 is 25.0 Å². The lowest BCUT2D eigenvalue weighted by Gasteiger charge is -2.17. The van der Waals surface area contributed by atoms with Crippen LogP contribution < -0.4 is 20.1 Å². The van der Waals surface area contributed by atoms with Crippen molar-refractivity contribution < 1.29 is 18.7 Å². The molecule has 1 saturated heterocycles. The van der Waals surface area contributed by atoms with Crippen molar-refractivity contribution in [2.24, 2.45) is 0 Å². The van der Waals surface area contributed by atoms with E-state index in [1.807, 2.05) is 79.6 Å². The van der Waals surface area contributed by atoms with Gasteiger partial charge in [-0.3, -0.25) is 9.48 Å². The SMILES string of the molecule is COc1cc(Cn2ncc3c(-c4cccc(-c5cc(F)c(CNCC6CCC(=O)N6)c(OC)c5)c4Cl)cccc32)c(Cl)cc1CN(C)C. The van der Waals surface area contributed by atoms with Crippen molar-refractivity contribution >= 4 is 40.0 Å². The fourth-order valence-electron chi connectivity index (χ4n) is 6.32. The van der Waals surface area contributed by atoms with Crippen molar-refractivity contribution in [2.45, 2.75) is 38.5 Å². The number of carbonyl (C=O) groups excluding carboxylic acids is 1. The average molecular weight is 691 g/mol. The Bertz CT molecular complexity index is 1980. The number of hydrogen-bond donors (Lipinski definition) is 2. The monoisotopic (exact) mass is 689 g/mol. The van der Waals surface area contributed by atoms with Gasteiger partial charge in [-0.1, -0.05) is 53.5 Å². The Morgan fingerprint density at radius 3 is 2.48 bits per heavy atom. The highest BCUT2D eigenvalue weighted by Crippen LogP contribution is 2.41. The number of halogens is 3. The molecule has 1 aliphatic heterocycles. The molecule has 250 valence electrons. The van der Waals surface area contributed by atoms with Crippen LogP contribution in [0.4, 0.5) is 4.39 Å². The summed E-state index contributed by atoms with van der Waals surface area (Å²) in [7, 11) is 7.19. The summed E-state index contributed by atoms with van der Waals surface area (Å²) >= 11 is 13.9. The average Bonchev–Trinajstić information content (AvgIpc) is 3.68. The first kappa shape index (κ1) is 33.7. The molecule has 2 N–H and O–H groups in total. The molecular weight excluding hydrogens is 652 g/mol. The molecule has 5 aromatic rings. The van der Waals surface area contributed by atoms with Crippen LogP contribution in [-0.4, -0.2) is 61.5 Å². The van der Waals surface area contributed by atoms with E-state index in [0.29, 0.717) is 58.5 Å². The van der Waals surface area contributed by atoms with Gasteiger partial charge in [0, 0.05) is 64.8 Å². The highest BCUT2D eigenvalue weighted by atomic mass is 35.5. The van der Waals surface area contributed by atoms with E-state index in [0.717, 1.165) is 45.3 Å². The number of methoxy groups -OCH3 is 2. The third-order valence-electron chi connectivity index (χ3n) is 8.70. The van der Waals surface area contributed by atoms with Gasteiger partial charge in [0.2, 0.25) is 5.91 Å². The molecule has 1 fully saturated rings. The Balaban J connectivity index is 1.29. The van der Waals surface area contributed by atoms with E-state index in [4.69, 9.17) is 37.8 Å². The summed E-state index contributed by atoms with van der Waals surface area (Å²) in [5, 5.41) is 13.0. The third kappa shape index (κ3) is 7.00. The number of nitrogens with one attached hydrogen (secondary N) is 2. The van der Waals surface area contributed by atoms with E-state index in [2.05, 4.69) is 15.5 Å². The molecular formula is C37H38Cl2FN5O3. The first-order valence-corrected chi connectivity index (χ1v) is 16.5. The van der Waals surface area contributed by atoms with Crippen LogP contribution in [-0.2, 0) is 24.4 Å². The van der Waals surface area contributed by atoms with Gasteiger partial charge in [-0.05, 0) is 67.5 Å². The first-order valence-electron chi connectivity index (χ1n) is 15.8. The second kappa shape index (κ2) is 14.5. The second-order valence-corrected chi connectivity index (χ2v) is 13.1. The van der Waals surface area contributed by atoms with Gasteiger partial charge in [0.25, 0.3) is 0 Å². The smallest absolute Gasteiger partial charge is 0.220 e. The summed E-state index contributed by atoms with van der Waals surface area (Å²) in [5.41, 5.74) is 6.24. The molecule has 1 aliphatic rings. The van der Waals surface area contributed by atoms with E-state index in [1.54, 1.807) is 7.11 Å². The van der Waals surface area contributed by atoms with Crippen molar-refractivity contribution in [3.05, 3.63) is 99.4 Å². The summed E-state index contributed by atoms with van der Waals surface area (Å²) in [6, 6.07) is 19.0. The summed E-state index contributed by atoms with van der Waals surface area (Å²) in [6.45, 7) is 1.98. The quantitative estimate of drug-likeness (QED) is 0.143. The van der Waals surface area contributed by atoms with Crippen molar-refractivity contribution in [2.75, 3.05) is 34.9 Å². The molecule has 0 aliphatic carbocycles. The minimum Gasteiger partial charge on any atom is -0.496 e. The van der Waals surface area contributed by atoms with Crippen molar-refractivity contribution in [1.29, 1.82) is 0 Å². The van der Waals surface area contributed by atoms with Gasteiger partial charge in [0.15, 0.2) is 0 Å². The normalized spacial score (nSPS) is 14.6. The molecule has 11 heteroatoms. The van der Waals surface area contributed by atoms with E-state index in [-0.39, 0.29) is 18.5 Å². The Kier molecular flexibility index (Phi) is 10.2. The lowest BCUT2D eigenvalue weighted by atomic mass is 9.96. The Hall–Kier alpha value is -4.15. The topological polar surface area (TPSA) is 80.6 Å². The molecule has 0 saturated carbocycles. The molecule has 1 aromatic heterocycles. The molecule has 0 bridgehead atoms. The molecule has 48 heavy (non-hydrogen) atoms. The van der Waals surface area contributed by atoms with E-state index in [1.165, 1.54) is 13.2 Å². The summed E-state index contributed by atoms with van der Waals surface area (Å²) in [5.74, 6) is 0.844. The zero-order valence-electron chi connectivity index (χ0n) is 27.4. The number of benzene rings is 4. The Morgan fingerprint density at radius 2 is 1.75 bits per heavy atom. The van der Waals surface area contributed by atoms with Crippen LogP contribution in [0.2, 0.25) is 10.0 Å². The second-order valence-electron chi connectivity index (χ2n) is 12.3. The number of fused-ring (bicyclic) bond motifs is 1. The van der Waals surface area contributed by atoms with Gasteiger partial charge in [-0.15, -0.1) is 0 Å². The number of rotatable bonds is 12. The minimum absolute atomic E-state index is 0.0462. The van der Waals surface area contributed by atoms with E-state index in [9.17, 15) is 4.79 Å². The van der Waals surface area contributed by atoms with Gasteiger partial charge in [0.05, 0.1) is 37.5 Å². The lowest BCUT2D eigenvalue weighted by Crippen LogP contribution is -2.35. The highest BCUT2D eigenvalue weighted by molar-refractivity contribution is 6.36. The van der Waals surface area contributed by atoms with E-state index < -0.39 is 5.82 Å². The van der Waals surface area contributed by atoms with Crippen LogP contribution >= 0.6 is 23.2 Å². The maximum Gasteiger partial charge on any atom is 0.220 e. The maximum absolute atomic E-state index is 15.6. The summed E-state index contributed by atoms with van der Waals surface area (Å²) < 4.78 is 28.8. The largest absolute Gasteiger partial charge is 0.496 e. The fourth-order valence-corrected chi connectivity index (χ4v) is 6.91. The molecule has 0 radical (unpaired) electrons. The van der Waals surface area contributed by atoms with Crippen LogP contribution in [0.25, 0.3) is 33.2 Å². The number of carbonyl (C=O) groups is 1. The minimum atomic E-state index is -0.401. The van der Waals surface area contributed by atoms with Crippen molar-refractivity contribution in [3.63, 3.8) is 0 Å². The maximum atomic E-state index is 15.6. The number of nitrogens with zero attached hydrogens (tertiary/aromatic N) is 3. The molecule has 1 amide bonds. The number of hydrogen-bond acceptors (Lipinski definition) is 6. The first-order chi connectivity index (χ1) is 23.2. The molecule has 1 unspecified atom stereocenters. The van der Waals surface area contributed by atoms with Gasteiger partial charge in [-0.25, -0.2) is 4.39 Å². The molecule has 2 heterocycles. The van der Waals surface area contributed by atoms with Crippen LogP contribution in [0.3, 0.4) is 0 Å².